The lowest BCUT2D eigenvalue weighted by Crippen LogP contribution is -2.42. The van der Waals surface area contributed by atoms with Gasteiger partial charge in [-0.15, -0.1) is 0 Å². The number of rotatable bonds is 5. The van der Waals surface area contributed by atoms with Crippen LogP contribution in [0.1, 0.15) is 56.5 Å². The highest BCUT2D eigenvalue weighted by atomic mass is 35.5. The number of amides is 1. The molecule has 0 saturated heterocycles. The Labute approximate surface area is 208 Å². The van der Waals surface area contributed by atoms with Crippen molar-refractivity contribution >= 4 is 40.4 Å². The molecule has 5 rings (SSSR count). The van der Waals surface area contributed by atoms with Crippen molar-refractivity contribution in [3.8, 4) is 0 Å². The minimum Gasteiger partial charge on any atom is -0.481 e. The fraction of sp³-hybridized carbons (Fsp3) is 0.520. The summed E-state index contributed by atoms with van der Waals surface area (Å²) in [6, 6.07) is 4.28. The van der Waals surface area contributed by atoms with E-state index in [9.17, 15) is 14.7 Å². The van der Waals surface area contributed by atoms with Crippen LogP contribution in [0.3, 0.4) is 0 Å². The lowest BCUT2D eigenvalue weighted by Gasteiger charge is -2.34. The molecule has 1 amide bonds. The minimum atomic E-state index is -0.708. The highest BCUT2D eigenvalue weighted by molar-refractivity contribution is 6.30. The van der Waals surface area contributed by atoms with Gasteiger partial charge in [-0.05, 0) is 57.6 Å². The van der Waals surface area contributed by atoms with Crippen molar-refractivity contribution in [2.45, 2.75) is 70.5 Å². The third-order valence-corrected chi connectivity index (χ3v) is 7.67. The van der Waals surface area contributed by atoms with Crippen molar-refractivity contribution in [3.63, 3.8) is 0 Å². The number of ether oxygens (including phenoxy) is 1. The van der Waals surface area contributed by atoms with E-state index in [0.29, 0.717) is 30.8 Å². The SMILES string of the molecule is COC(=O)N1c2ccc3c(nc(CCn4cc(Cl)cn4)n3C3CCC(C(=O)O)CC3)c2CCC1C. The predicted octanol–water partition coefficient (Wildman–Crippen LogP) is 4.85. The number of benzene rings is 1. The molecule has 2 aliphatic rings. The second-order valence-electron chi connectivity index (χ2n) is 9.57. The number of hydrogen-bond acceptors (Lipinski definition) is 5. The molecule has 1 aliphatic heterocycles. The molecular formula is C25H30ClN5O4. The molecule has 186 valence electrons. The number of carbonyl (C=O) groups excluding carboxylic acids is 1. The molecule has 10 heteroatoms. The molecule has 1 fully saturated rings. The van der Waals surface area contributed by atoms with E-state index in [0.717, 1.165) is 53.8 Å². The Morgan fingerprint density at radius 3 is 2.63 bits per heavy atom. The smallest absolute Gasteiger partial charge is 0.414 e. The monoisotopic (exact) mass is 499 g/mol. The standard InChI is InChI=1S/C25H30ClN5O4/c1-15-3-8-19-20(30(15)25(34)35-2)9-10-21-23(19)28-22(11-12-29-14-17(26)13-27-29)31(21)18-6-4-16(5-7-18)24(32)33/h9-10,13-16,18H,3-8,11-12H2,1-2H3,(H,32,33). The van der Waals surface area contributed by atoms with Crippen LogP contribution in [-0.4, -0.2) is 49.7 Å². The molecule has 3 aromatic rings. The van der Waals surface area contributed by atoms with Crippen LogP contribution in [0.5, 0.6) is 0 Å². The lowest BCUT2D eigenvalue weighted by atomic mass is 9.86. The van der Waals surface area contributed by atoms with Crippen molar-refractivity contribution in [2.75, 3.05) is 12.0 Å². The number of carboxylic acid groups (broad SMARTS) is 1. The van der Waals surface area contributed by atoms with E-state index in [2.05, 4.69) is 9.67 Å². The maximum Gasteiger partial charge on any atom is 0.414 e. The number of halogens is 1. The summed E-state index contributed by atoms with van der Waals surface area (Å²) >= 11 is 6.05. The quantitative estimate of drug-likeness (QED) is 0.538. The molecule has 2 aromatic heterocycles. The number of aliphatic carboxylic acids is 1. The van der Waals surface area contributed by atoms with Crippen LogP contribution in [0.15, 0.2) is 24.5 Å². The maximum atomic E-state index is 12.6. The van der Waals surface area contributed by atoms with Gasteiger partial charge in [0, 0.05) is 36.8 Å². The van der Waals surface area contributed by atoms with E-state index in [1.807, 2.05) is 23.7 Å². The Morgan fingerprint density at radius 2 is 1.97 bits per heavy atom. The largest absolute Gasteiger partial charge is 0.481 e. The van der Waals surface area contributed by atoms with E-state index in [1.165, 1.54) is 7.11 Å². The number of hydrogen-bond donors (Lipinski definition) is 1. The van der Waals surface area contributed by atoms with Gasteiger partial charge in [-0.3, -0.25) is 14.4 Å². The minimum absolute atomic E-state index is 0.0461. The molecule has 1 saturated carbocycles. The molecule has 0 bridgehead atoms. The van der Waals surface area contributed by atoms with Crippen LogP contribution in [-0.2, 0) is 28.9 Å². The van der Waals surface area contributed by atoms with Gasteiger partial charge in [0.2, 0.25) is 0 Å². The Balaban J connectivity index is 1.56. The Kier molecular flexibility index (Phi) is 6.44. The predicted molar refractivity (Wildman–Crippen MR) is 132 cm³/mol. The van der Waals surface area contributed by atoms with Gasteiger partial charge in [0.1, 0.15) is 5.82 Å². The fourth-order valence-corrected chi connectivity index (χ4v) is 5.82. The third-order valence-electron chi connectivity index (χ3n) is 7.48. The van der Waals surface area contributed by atoms with Crippen LogP contribution in [0.4, 0.5) is 10.5 Å². The number of imidazole rings is 1. The summed E-state index contributed by atoms with van der Waals surface area (Å²) < 4.78 is 9.18. The van der Waals surface area contributed by atoms with Crippen molar-refractivity contribution in [3.05, 3.63) is 40.9 Å². The van der Waals surface area contributed by atoms with Crippen molar-refractivity contribution in [2.24, 2.45) is 5.92 Å². The number of aryl methyl sites for hydroxylation is 3. The fourth-order valence-electron chi connectivity index (χ4n) is 5.66. The lowest BCUT2D eigenvalue weighted by molar-refractivity contribution is -0.143. The van der Waals surface area contributed by atoms with Crippen LogP contribution in [0.25, 0.3) is 11.0 Å². The van der Waals surface area contributed by atoms with Gasteiger partial charge in [0.05, 0.1) is 41.0 Å². The molecule has 1 unspecified atom stereocenters. The van der Waals surface area contributed by atoms with E-state index in [-0.39, 0.29) is 24.1 Å². The average molecular weight is 500 g/mol. The number of carbonyl (C=O) groups is 2. The Bertz CT molecular complexity index is 1260. The van der Waals surface area contributed by atoms with Gasteiger partial charge in [0.15, 0.2) is 0 Å². The zero-order chi connectivity index (χ0) is 24.7. The summed E-state index contributed by atoms with van der Waals surface area (Å²) in [5, 5.41) is 14.3. The van der Waals surface area contributed by atoms with Crippen molar-refractivity contribution in [1.29, 1.82) is 0 Å². The average Bonchev–Trinajstić information content (AvgIpc) is 3.45. The molecule has 1 aromatic carbocycles. The number of anilines is 1. The van der Waals surface area contributed by atoms with E-state index in [4.69, 9.17) is 21.3 Å². The van der Waals surface area contributed by atoms with Crippen molar-refractivity contribution in [1.82, 2.24) is 19.3 Å². The summed E-state index contributed by atoms with van der Waals surface area (Å²) in [6.45, 7) is 2.66. The molecule has 35 heavy (non-hydrogen) atoms. The van der Waals surface area contributed by atoms with Gasteiger partial charge < -0.3 is 14.4 Å². The number of nitrogens with zero attached hydrogens (tertiary/aromatic N) is 5. The first-order valence-corrected chi connectivity index (χ1v) is 12.6. The molecule has 0 radical (unpaired) electrons. The Morgan fingerprint density at radius 1 is 1.20 bits per heavy atom. The van der Waals surface area contributed by atoms with Gasteiger partial charge in [-0.2, -0.15) is 5.10 Å². The first kappa shape index (κ1) is 23.7. The van der Waals surface area contributed by atoms with E-state index in [1.54, 1.807) is 17.3 Å². The van der Waals surface area contributed by atoms with Crippen LogP contribution >= 0.6 is 11.6 Å². The number of fused-ring (bicyclic) bond motifs is 3. The topological polar surface area (TPSA) is 102 Å². The summed E-state index contributed by atoms with van der Waals surface area (Å²) in [5.41, 5.74) is 3.87. The zero-order valence-corrected chi connectivity index (χ0v) is 20.7. The molecular weight excluding hydrogens is 470 g/mol. The molecule has 9 nitrogen and oxygen atoms in total. The molecule has 1 aliphatic carbocycles. The molecule has 1 atom stereocenters. The van der Waals surface area contributed by atoms with E-state index < -0.39 is 5.97 Å². The highest BCUT2D eigenvalue weighted by Gasteiger charge is 2.33. The van der Waals surface area contributed by atoms with E-state index >= 15 is 0 Å². The van der Waals surface area contributed by atoms with Gasteiger partial charge in [0.25, 0.3) is 0 Å². The second-order valence-corrected chi connectivity index (χ2v) is 10.0. The van der Waals surface area contributed by atoms with Gasteiger partial charge in [-0.25, -0.2) is 9.78 Å². The first-order chi connectivity index (χ1) is 16.9. The third kappa shape index (κ3) is 4.37. The second kappa shape index (κ2) is 9.53. The number of aromatic nitrogens is 4. The Hall–Kier alpha value is -3.07. The maximum absolute atomic E-state index is 12.6. The first-order valence-electron chi connectivity index (χ1n) is 12.2. The summed E-state index contributed by atoms with van der Waals surface area (Å²) in [7, 11) is 1.41. The summed E-state index contributed by atoms with van der Waals surface area (Å²) in [5.74, 6) is -0.0404. The van der Waals surface area contributed by atoms with Gasteiger partial charge in [-0.1, -0.05) is 11.6 Å². The van der Waals surface area contributed by atoms with Gasteiger partial charge >= 0.3 is 12.1 Å². The normalized spacial score (nSPS) is 22.3. The summed E-state index contributed by atoms with van der Waals surface area (Å²) in [4.78, 5) is 30.9. The van der Waals surface area contributed by atoms with Crippen LogP contribution in [0.2, 0.25) is 5.02 Å². The highest BCUT2D eigenvalue weighted by Crippen LogP contribution is 2.40. The van der Waals surface area contributed by atoms with Crippen LogP contribution in [0, 0.1) is 5.92 Å². The number of carboxylic acids is 1. The number of methoxy groups -OCH3 is 1. The van der Waals surface area contributed by atoms with Crippen molar-refractivity contribution < 1.29 is 19.4 Å². The van der Waals surface area contributed by atoms with Crippen LogP contribution < -0.4 is 4.90 Å². The molecule has 1 N–H and O–H groups in total. The zero-order valence-electron chi connectivity index (χ0n) is 20.0. The summed E-state index contributed by atoms with van der Waals surface area (Å²) in [6.07, 6.45) is 8.30. The molecule has 0 spiro atoms. The molecule has 3 heterocycles.